The third-order valence-electron chi connectivity index (χ3n) is 1.79. The maximum absolute atomic E-state index is 11.1. The fourth-order valence-electron chi connectivity index (χ4n) is 1.09. The summed E-state index contributed by atoms with van der Waals surface area (Å²) < 4.78 is 5.12. The van der Waals surface area contributed by atoms with Crippen LogP contribution in [0.3, 0.4) is 0 Å². The molecule has 1 rings (SSSR count). The van der Waals surface area contributed by atoms with Crippen LogP contribution in [-0.2, 0) is 19.1 Å². The Hall–Kier alpha value is -0.890. The normalized spacial score (nSPS) is 20.7. The minimum absolute atomic E-state index is 0.111. The van der Waals surface area contributed by atoms with Gasteiger partial charge < -0.3 is 16.2 Å². The Bertz CT molecular complexity index is 365. The van der Waals surface area contributed by atoms with Crippen molar-refractivity contribution in [1.29, 1.82) is 0 Å². The average molecular weight is 342 g/mol. The topological polar surface area (TPSA) is 112 Å². The minimum atomic E-state index is -1.38. The quantitative estimate of drug-likeness (QED) is 0.532. The molecule has 1 atom stereocenters. The smallest absolute Gasteiger partial charge is 0.346 e. The van der Waals surface area contributed by atoms with Gasteiger partial charge in [-0.3, -0.25) is 9.59 Å². The molecule has 0 saturated carbocycles. The summed E-state index contributed by atoms with van der Waals surface area (Å²) in [6.45, 7) is 0. The highest BCUT2D eigenvalue weighted by Gasteiger charge is 2.42. The lowest BCUT2D eigenvalue weighted by atomic mass is 10.0. The molecule has 0 aliphatic carbocycles. The Morgan fingerprint density at radius 1 is 1.27 bits per heavy atom. The molecule has 15 heavy (non-hydrogen) atoms. The molecule has 0 aromatic rings. The van der Waals surface area contributed by atoms with Crippen molar-refractivity contribution in [3.63, 3.8) is 0 Å². The van der Waals surface area contributed by atoms with Crippen molar-refractivity contribution in [2.24, 2.45) is 17.4 Å². The molecule has 1 aliphatic rings. The first-order valence-electron chi connectivity index (χ1n) is 3.71. The summed E-state index contributed by atoms with van der Waals surface area (Å²) in [6, 6.07) is 0. The van der Waals surface area contributed by atoms with Crippen LogP contribution in [0.25, 0.3) is 0 Å². The molecule has 8 heteroatoms. The lowest BCUT2D eigenvalue weighted by molar-refractivity contribution is -0.145. The van der Waals surface area contributed by atoms with Crippen LogP contribution < -0.4 is 11.5 Å². The third-order valence-corrected chi connectivity index (χ3v) is 3.92. The summed E-state index contributed by atoms with van der Waals surface area (Å²) in [7, 11) is 0. The van der Waals surface area contributed by atoms with E-state index in [4.69, 9.17) is 16.2 Å². The van der Waals surface area contributed by atoms with E-state index >= 15 is 0 Å². The SMILES string of the molecule is NC(=O)C(C(N)=O)C1OC(=O)C(Br)=C1Br. The zero-order chi connectivity index (χ0) is 11.7. The Balaban J connectivity index is 3.04. The van der Waals surface area contributed by atoms with E-state index in [-0.39, 0.29) is 8.96 Å². The van der Waals surface area contributed by atoms with Gasteiger partial charge in [0.05, 0.1) is 4.48 Å². The maximum Gasteiger partial charge on any atom is 0.346 e. The fourth-order valence-corrected chi connectivity index (χ4v) is 1.93. The van der Waals surface area contributed by atoms with Gasteiger partial charge in [-0.1, -0.05) is 15.9 Å². The molecule has 0 bridgehead atoms. The van der Waals surface area contributed by atoms with Gasteiger partial charge in [0, 0.05) is 0 Å². The van der Waals surface area contributed by atoms with Gasteiger partial charge in [-0.15, -0.1) is 0 Å². The number of esters is 1. The van der Waals surface area contributed by atoms with Crippen molar-refractivity contribution < 1.29 is 19.1 Å². The lowest BCUT2D eigenvalue weighted by Crippen LogP contribution is -2.43. The zero-order valence-electron chi connectivity index (χ0n) is 7.20. The van der Waals surface area contributed by atoms with Gasteiger partial charge in [0.2, 0.25) is 11.8 Å². The van der Waals surface area contributed by atoms with Gasteiger partial charge in [-0.25, -0.2) is 4.79 Å². The predicted molar refractivity (Wildman–Crippen MR) is 56.6 cm³/mol. The molecule has 0 aromatic heterocycles. The third kappa shape index (κ3) is 2.20. The van der Waals surface area contributed by atoms with Gasteiger partial charge in [-0.05, 0) is 15.9 Å². The van der Waals surface area contributed by atoms with E-state index in [1.54, 1.807) is 0 Å². The summed E-state index contributed by atoms with van der Waals surface area (Å²) in [5.74, 6) is -3.95. The number of nitrogens with two attached hydrogens (primary N) is 2. The molecule has 2 amide bonds. The number of rotatable bonds is 3. The number of hydrogen-bond donors (Lipinski definition) is 2. The molecular weight excluding hydrogens is 336 g/mol. The van der Waals surface area contributed by atoms with Crippen LogP contribution in [0.5, 0.6) is 0 Å². The summed E-state index contributed by atoms with van der Waals surface area (Å²) >= 11 is 5.95. The number of carbonyl (C=O) groups is 3. The van der Waals surface area contributed by atoms with E-state index in [2.05, 4.69) is 31.9 Å². The Labute approximate surface area is 101 Å². The number of amides is 2. The molecule has 1 aliphatic heterocycles. The minimum Gasteiger partial charge on any atom is -0.451 e. The van der Waals surface area contributed by atoms with Crippen molar-refractivity contribution in [2.75, 3.05) is 0 Å². The molecule has 82 valence electrons. The van der Waals surface area contributed by atoms with Crippen molar-refractivity contribution in [3.8, 4) is 0 Å². The zero-order valence-corrected chi connectivity index (χ0v) is 10.4. The number of primary amides is 2. The maximum atomic E-state index is 11.1. The van der Waals surface area contributed by atoms with E-state index in [0.29, 0.717) is 0 Å². The van der Waals surface area contributed by atoms with Crippen LogP contribution in [0.4, 0.5) is 0 Å². The standard InChI is InChI=1S/C7H6Br2N2O4/c8-2-3(9)7(14)15-4(2)1(5(10)12)6(11)13/h1,4H,(H2,10,12)(H2,11,13). The fraction of sp³-hybridized carbons (Fsp3) is 0.286. The first-order valence-corrected chi connectivity index (χ1v) is 5.29. The van der Waals surface area contributed by atoms with Crippen LogP contribution >= 0.6 is 31.9 Å². The molecule has 6 nitrogen and oxygen atoms in total. The van der Waals surface area contributed by atoms with Crippen molar-refractivity contribution in [1.82, 2.24) is 0 Å². The number of hydrogen-bond acceptors (Lipinski definition) is 4. The Morgan fingerprint density at radius 2 is 1.73 bits per heavy atom. The van der Waals surface area contributed by atoms with E-state index < -0.39 is 29.8 Å². The second kappa shape index (κ2) is 4.31. The Morgan fingerprint density at radius 3 is 2.00 bits per heavy atom. The number of halogens is 2. The molecule has 4 N–H and O–H groups in total. The second-order valence-corrected chi connectivity index (χ2v) is 4.42. The molecule has 0 saturated heterocycles. The van der Waals surface area contributed by atoms with Crippen LogP contribution in [0, 0.1) is 5.92 Å². The molecule has 1 unspecified atom stereocenters. The van der Waals surface area contributed by atoms with Crippen LogP contribution in [-0.4, -0.2) is 23.9 Å². The van der Waals surface area contributed by atoms with Gasteiger partial charge in [0.15, 0.2) is 12.0 Å². The van der Waals surface area contributed by atoms with Crippen molar-refractivity contribution in [2.45, 2.75) is 6.10 Å². The van der Waals surface area contributed by atoms with Crippen LogP contribution in [0.1, 0.15) is 0 Å². The van der Waals surface area contributed by atoms with Gasteiger partial charge in [0.1, 0.15) is 4.48 Å². The molecule has 1 heterocycles. The van der Waals surface area contributed by atoms with Gasteiger partial charge in [-0.2, -0.15) is 0 Å². The van der Waals surface area contributed by atoms with E-state index in [0.717, 1.165) is 0 Å². The summed E-state index contributed by atoms with van der Waals surface area (Å²) in [6.07, 6.45) is -1.08. The van der Waals surface area contributed by atoms with Crippen molar-refractivity contribution >= 4 is 49.6 Å². The predicted octanol–water partition coefficient (Wildman–Crippen LogP) is -0.500. The molecule has 0 radical (unpaired) electrons. The van der Waals surface area contributed by atoms with Gasteiger partial charge in [0.25, 0.3) is 0 Å². The second-order valence-electron chi connectivity index (χ2n) is 2.77. The first kappa shape index (κ1) is 12.2. The van der Waals surface area contributed by atoms with Crippen LogP contribution in [0.2, 0.25) is 0 Å². The molecule has 0 fully saturated rings. The van der Waals surface area contributed by atoms with Crippen molar-refractivity contribution in [3.05, 3.63) is 8.96 Å². The monoisotopic (exact) mass is 340 g/mol. The van der Waals surface area contributed by atoms with Crippen LogP contribution in [0.15, 0.2) is 8.96 Å². The molecule has 0 spiro atoms. The van der Waals surface area contributed by atoms with Gasteiger partial charge >= 0.3 is 5.97 Å². The molecular formula is C7H6Br2N2O4. The highest BCUT2D eigenvalue weighted by atomic mass is 79.9. The number of ether oxygens (including phenoxy) is 1. The lowest BCUT2D eigenvalue weighted by Gasteiger charge is -2.16. The number of carbonyl (C=O) groups excluding carboxylic acids is 3. The first-order chi connectivity index (χ1) is 6.86. The Kier molecular flexibility index (Phi) is 3.50. The molecule has 0 aromatic carbocycles. The highest BCUT2D eigenvalue weighted by Crippen LogP contribution is 2.35. The average Bonchev–Trinajstić information content (AvgIpc) is 2.33. The van der Waals surface area contributed by atoms with E-state index in [1.807, 2.05) is 0 Å². The van der Waals surface area contributed by atoms with E-state index in [1.165, 1.54) is 0 Å². The summed E-state index contributed by atoms with van der Waals surface area (Å²) in [5.41, 5.74) is 9.96. The summed E-state index contributed by atoms with van der Waals surface area (Å²) in [4.78, 5) is 33.0. The largest absolute Gasteiger partial charge is 0.451 e. The highest BCUT2D eigenvalue weighted by molar-refractivity contribution is 9.14. The summed E-state index contributed by atoms with van der Waals surface area (Å²) in [5, 5.41) is 0. The number of cyclic esters (lactones) is 1. The van der Waals surface area contributed by atoms with E-state index in [9.17, 15) is 14.4 Å².